The predicted molar refractivity (Wildman–Crippen MR) is 123 cm³/mol. The monoisotopic (exact) mass is 376 g/mol. The number of rotatable bonds is 6. The van der Waals surface area contributed by atoms with Crippen LogP contribution in [-0.4, -0.2) is 59.3 Å². The first kappa shape index (κ1) is 20.0. The summed E-state index contributed by atoms with van der Waals surface area (Å²) in [5.74, 6) is 0. The SMILES string of the molecule is CN(C)c1ccc(N(c2ccc(N(C)C)cc2)C2C=CC(N(C)C)C=C2)cc1. The van der Waals surface area contributed by atoms with Crippen LogP contribution in [0, 0.1) is 0 Å². The molecule has 0 aliphatic heterocycles. The van der Waals surface area contributed by atoms with Crippen LogP contribution in [-0.2, 0) is 0 Å². The first-order chi connectivity index (χ1) is 13.4. The molecule has 0 N–H and O–H groups in total. The van der Waals surface area contributed by atoms with E-state index >= 15 is 0 Å². The van der Waals surface area contributed by atoms with Crippen LogP contribution in [0.2, 0.25) is 0 Å². The van der Waals surface area contributed by atoms with E-state index < -0.39 is 0 Å². The Labute approximate surface area is 170 Å². The molecular weight excluding hydrogens is 344 g/mol. The molecule has 0 saturated heterocycles. The van der Waals surface area contributed by atoms with Gasteiger partial charge in [-0.3, -0.25) is 4.90 Å². The van der Waals surface area contributed by atoms with Crippen LogP contribution in [0.25, 0.3) is 0 Å². The molecule has 0 saturated carbocycles. The molecule has 0 amide bonds. The smallest absolute Gasteiger partial charge is 0.0707 e. The van der Waals surface area contributed by atoms with Crippen LogP contribution < -0.4 is 14.7 Å². The first-order valence-corrected chi connectivity index (χ1v) is 9.74. The molecule has 4 heteroatoms. The topological polar surface area (TPSA) is 13.0 Å². The fourth-order valence-electron chi connectivity index (χ4n) is 3.42. The van der Waals surface area contributed by atoms with Crippen LogP contribution in [0.5, 0.6) is 0 Å². The van der Waals surface area contributed by atoms with E-state index in [-0.39, 0.29) is 6.04 Å². The summed E-state index contributed by atoms with van der Waals surface area (Å²) in [5.41, 5.74) is 4.78. The molecule has 0 aromatic heterocycles. The number of likely N-dealkylation sites (N-methyl/N-ethyl adjacent to an activating group) is 1. The van der Waals surface area contributed by atoms with E-state index in [9.17, 15) is 0 Å². The highest BCUT2D eigenvalue weighted by Gasteiger charge is 2.20. The molecule has 28 heavy (non-hydrogen) atoms. The summed E-state index contributed by atoms with van der Waals surface area (Å²) < 4.78 is 0. The summed E-state index contributed by atoms with van der Waals surface area (Å²) in [6.45, 7) is 0. The van der Waals surface area contributed by atoms with Gasteiger partial charge in [-0.1, -0.05) is 24.3 Å². The summed E-state index contributed by atoms with van der Waals surface area (Å²) in [6, 6.07) is 18.1. The van der Waals surface area contributed by atoms with Crippen LogP contribution >= 0.6 is 0 Å². The molecule has 0 radical (unpaired) electrons. The maximum Gasteiger partial charge on any atom is 0.0707 e. The van der Waals surface area contributed by atoms with Crippen LogP contribution in [0.15, 0.2) is 72.8 Å². The number of benzene rings is 2. The summed E-state index contributed by atoms with van der Waals surface area (Å²) >= 11 is 0. The Bertz CT molecular complexity index is 751. The minimum atomic E-state index is 0.187. The second-order valence-electron chi connectivity index (χ2n) is 7.91. The van der Waals surface area contributed by atoms with Gasteiger partial charge in [0.25, 0.3) is 0 Å². The summed E-state index contributed by atoms with van der Waals surface area (Å²) in [5, 5.41) is 0. The number of hydrogen-bond donors (Lipinski definition) is 0. The third-order valence-electron chi connectivity index (χ3n) is 5.19. The summed E-state index contributed by atoms with van der Waals surface area (Å²) in [6.07, 6.45) is 9.15. The van der Waals surface area contributed by atoms with E-state index in [1.54, 1.807) is 0 Å². The van der Waals surface area contributed by atoms with Gasteiger partial charge in [0.1, 0.15) is 0 Å². The number of nitrogens with zero attached hydrogens (tertiary/aromatic N) is 4. The Morgan fingerprint density at radius 3 is 1.11 bits per heavy atom. The second-order valence-corrected chi connectivity index (χ2v) is 7.91. The highest BCUT2D eigenvalue weighted by Crippen LogP contribution is 2.32. The standard InChI is InChI=1S/C24H32N4/c1-25(2)19-7-13-22(14-8-19)28(23-15-9-20(10-16-23)26(3)4)24-17-11-21(12-18-24)27(5)6/h7-19,22H,1-6H3. The lowest BCUT2D eigenvalue weighted by Crippen LogP contribution is -2.33. The van der Waals surface area contributed by atoms with Gasteiger partial charge in [0.15, 0.2) is 0 Å². The average Bonchev–Trinajstić information content (AvgIpc) is 2.69. The summed E-state index contributed by atoms with van der Waals surface area (Å²) in [4.78, 5) is 8.85. The van der Waals surface area contributed by atoms with Crippen molar-refractivity contribution in [2.75, 3.05) is 57.0 Å². The molecule has 0 bridgehead atoms. The molecule has 0 spiro atoms. The first-order valence-electron chi connectivity index (χ1n) is 9.74. The van der Waals surface area contributed by atoms with E-state index in [1.165, 1.54) is 22.7 Å². The highest BCUT2D eigenvalue weighted by atomic mass is 15.2. The minimum absolute atomic E-state index is 0.187. The third-order valence-corrected chi connectivity index (χ3v) is 5.19. The Kier molecular flexibility index (Phi) is 6.10. The fraction of sp³-hybridized carbons (Fsp3) is 0.333. The van der Waals surface area contributed by atoms with Gasteiger partial charge >= 0.3 is 0 Å². The molecule has 1 aliphatic carbocycles. The lowest BCUT2D eigenvalue weighted by atomic mass is 10.0. The molecule has 0 heterocycles. The zero-order valence-electron chi connectivity index (χ0n) is 17.9. The van der Waals surface area contributed by atoms with Crippen LogP contribution in [0.1, 0.15) is 0 Å². The van der Waals surface area contributed by atoms with Crippen molar-refractivity contribution in [3.8, 4) is 0 Å². The van der Waals surface area contributed by atoms with Gasteiger partial charge in [-0.05, 0) is 62.6 Å². The van der Waals surface area contributed by atoms with E-state index in [0.29, 0.717) is 6.04 Å². The van der Waals surface area contributed by atoms with Crippen molar-refractivity contribution < 1.29 is 0 Å². The zero-order chi connectivity index (χ0) is 20.3. The van der Waals surface area contributed by atoms with Crippen molar-refractivity contribution in [3.05, 3.63) is 72.8 Å². The van der Waals surface area contributed by atoms with Crippen LogP contribution in [0.4, 0.5) is 22.7 Å². The number of anilines is 4. The van der Waals surface area contributed by atoms with Crippen molar-refractivity contribution in [2.24, 2.45) is 0 Å². The van der Waals surface area contributed by atoms with Crippen molar-refractivity contribution in [1.82, 2.24) is 4.90 Å². The molecule has 4 nitrogen and oxygen atoms in total. The maximum atomic E-state index is 2.39. The third kappa shape index (κ3) is 4.39. The Balaban J connectivity index is 1.97. The van der Waals surface area contributed by atoms with Gasteiger partial charge in [-0.15, -0.1) is 0 Å². The summed E-state index contributed by atoms with van der Waals surface area (Å²) in [7, 11) is 12.5. The normalized spacial score (nSPS) is 18.4. The van der Waals surface area contributed by atoms with Gasteiger partial charge in [0.05, 0.1) is 6.04 Å². The van der Waals surface area contributed by atoms with Crippen molar-refractivity contribution in [1.29, 1.82) is 0 Å². The van der Waals surface area contributed by atoms with Gasteiger partial charge < -0.3 is 14.7 Å². The highest BCUT2D eigenvalue weighted by molar-refractivity contribution is 5.70. The molecule has 0 unspecified atom stereocenters. The molecule has 0 fully saturated rings. The lowest BCUT2D eigenvalue weighted by molar-refractivity contribution is 0.388. The van der Waals surface area contributed by atoms with E-state index in [1.807, 2.05) is 0 Å². The molecule has 1 aliphatic rings. The Hall–Kier alpha value is -2.72. The van der Waals surface area contributed by atoms with Gasteiger partial charge in [0.2, 0.25) is 0 Å². The van der Waals surface area contributed by atoms with Gasteiger partial charge in [0, 0.05) is 57.0 Å². The predicted octanol–water partition coefficient (Wildman–Crippen LogP) is 4.38. The molecule has 3 rings (SSSR count). The molecule has 0 atom stereocenters. The Morgan fingerprint density at radius 1 is 0.464 bits per heavy atom. The second kappa shape index (κ2) is 8.53. The van der Waals surface area contributed by atoms with Crippen LogP contribution in [0.3, 0.4) is 0 Å². The average molecular weight is 377 g/mol. The quantitative estimate of drug-likeness (QED) is 0.694. The van der Waals surface area contributed by atoms with E-state index in [2.05, 4.69) is 135 Å². The lowest BCUT2D eigenvalue weighted by Gasteiger charge is -2.33. The van der Waals surface area contributed by atoms with Gasteiger partial charge in [-0.25, -0.2) is 0 Å². The van der Waals surface area contributed by atoms with Gasteiger partial charge in [-0.2, -0.15) is 0 Å². The van der Waals surface area contributed by atoms with Crippen molar-refractivity contribution in [2.45, 2.75) is 12.1 Å². The molecule has 2 aromatic carbocycles. The van der Waals surface area contributed by atoms with Crippen molar-refractivity contribution >= 4 is 22.7 Å². The van der Waals surface area contributed by atoms with E-state index in [4.69, 9.17) is 0 Å². The molecule has 2 aromatic rings. The minimum Gasteiger partial charge on any atom is -0.378 e. The number of hydrogen-bond acceptors (Lipinski definition) is 4. The largest absolute Gasteiger partial charge is 0.378 e. The van der Waals surface area contributed by atoms with E-state index in [0.717, 1.165) is 0 Å². The van der Waals surface area contributed by atoms with Crippen molar-refractivity contribution in [3.63, 3.8) is 0 Å². The molecule has 148 valence electrons. The zero-order valence-corrected chi connectivity index (χ0v) is 17.9. The Morgan fingerprint density at radius 2 is 0.786 bits per heavy atom. The molecular formula is C24H32N4. The maximum absolute atomic E-state index is 2.39. The fourth-order valence-corrected chi connectivity index (χ4v) is 3.42.